The molecule has 0 fully saturated rings. The Balaban J connectivity index is 1.54. The van der Waals surface area contributed by atoms with Crippen molar-refractivity contribution in [3.63, 3.8) is 0 Å². The van der Waals surface area contributed by atoms with Gasteiger partial charge in [0.15, 0.2) is 0 Å². The summed E-state index contributed by atoms with van der Waals surface area (Å²) in [7, 11) is 0. The number of carbonyl (C=O) groups is 1. The maximum atomic E-state index is 13.1. The van der Waals surface area contributed by atoms with Crippen LogP contribution in [0.1, 0.15) is 22.3 Å². The number of ether oxygens (including phenoxy) is 2. The fourth-order valence-electron chi connectivity index (χ4n) is 4.21. The normalized spacial score (nSPS) is 20.2. The highest BCUT2D eigenvalue weighted by molar-refractivity contribution is 7.08. The lowest BCUT2D eigenvalue weighted by atomic mass is 9.88. The number of hydrogen-bond donors (Lipinski definition) is 1. The van der Waals surface area contributed by atoms with Crippen LogP contribution < -0.4 is 4.74 Å². The summed E-state index contributed by atoms with van der Waals surface area (Å²) < 4.78 is 19.8. The number of fused-ring (bicyclic) bond motifs is 2. The molecule has 154 valence electrons. The van der Waals surface area contributed by atoms with Crippen molar-refractivity contribution < 1.29 is 19.4 Å². The lowest BCUT2D eigenvalue weighted by Gasteiger charge is -2.26. The Labute approximate surface area is 185 Å². The molecule has 6 nitrogen and oxygen atoms in total. The van der Waals surface area contributed by atoms with Gasteiger partial charge in [-0.05, 0) is 63.8 Å². The number of esters is 1. The van der Waals surface area contributed by atoms with Crippen molar-refractivity contribution >= 4 is 45.6 Å². The summed E-state index contributed by atoms with van der Waals surface area (Å²) in [6.07, 6.45) is 1.15. The molecule has 0 aliphatic carbocycles. The van der Waals surface area contributed by atoms with Gasteiger partial charge in [0.25, 0.3) is 5.79 Å². The van der Waals surface area contributed by atoms with Crippen molar-refractivity contribution in [1.29, 1.82) is 0 Å². The number of aromatic nitrogens is 2. The summed E-state index contributed by atoms with van der Waals surface area (Å²) in [5.74, 6) is -1.59. The van der Waals surface area contributed by atoms with Gasteiger partial charge in [0.2, 0.25) is 0 Å². The monoisotopic (exact) mass is 448 g/mol. The van der Waals surface area contributed by atoms with Crippen molar-refractivity contribution in [3.8, 4) is 5.75 Å². The molecule has 0 saturated carbocycles. The first-order valence-corrected chi connectivity index (χ1v) is 11.5. The topological polar surface area (TPSA) is 81.5 Å². The second-order valence-corrected chi connectivity index (χ2v) is 8.89. The Hall–Kier alpha value is -3.07. The number of hydrogen-bond acceptors (Lipinski definition) is 8. The highest BCUT2D eigenvalue weighted by Crippen LogP contribution is 2.46. The van der Waals surface area contributed by atoms with E-state index in [1.165, 1.54) is 0 Å². The Bertz CT molecular complexity index is 1360. The molecule has 2 aliphatic rings. The SMILES string of the molecule is O=C1OC(O)(c2ccc3c(c2)CCO3)C(Cc2ccsc2)=C1c1ccc2nsnc2c1. The highest BCUT2D eigenvalue weighted by Gasteiger charge is 2.48. The predicted molar refractivity (Wildman–Crippen MR) is 118 cm³/mol. The van der Waals surface area contributed by atoms with Crippen LogP contribution in [0, 0.1) is 0 Å². The summed E-state index contributed by atoms with van der Waals surface area (Å²) in [4.78, 5) is 13.1. The average molecular weight is 449 g/mol. The highest BCUT2D eigenvalue weighted by atomic mass is 32.1. The van der Waals surface area contributed by atoms with Crippen LogP contribution in [0.5, 0.6) is 5.75 Å². The van der Waals surface area contributed by atoms with Crippen LogP contribution >= 0.6 is 23.1 Å². The molecule has 31 heavy (non-hydrogen) atoms. The van der Waals surface area contributed by atoms with Gasteiger partial charge in [-0.1, -0.05) is 6.07 Å². The molecule has 1 atom stereocenters. The Morgan fingerprint density at radius 2 is 2.00 bits per heavy atom. The van der Waals surface area contributed by atoms with Gasteiger partial charge in [-0.25, -0.2) is 4.79 Å². The third-order valence-corrected chi connectivity index (χ3v) is 7.03. The molecule has 4 heterocycles. The van der Waals surface area contributed by atoms with E-state index in [9.17, 15) is 9.90 Å². The average Bonchev–Trinajstić information content (AvgIpc) is 3.55. The third kappa shape index (κ3) is 2.98. The van der Waals surface area contributed by atoms with E-state index in [0.29, 0.717) is 40.8 Å². The number of benzene rings is 2. The zero-order valence-corrected chi connectivity index (χ0v) is 17.8. The van der Waals surface area contributed by atoms with Crippen LogP contribution in [0.3, 0.4) is 0 Å². The summed E-state index contributed by atoms with van der Waals surface area (Å²) in [5.41, 5.74) is 5.59. The minimum atomic E-state index is -1.85. The van der Waals surface area contributed by atoms with Crippen LogP contribution in [-0.2, 0) is 28.2 Å². The molecule has 0 radical (unpaired) electrons. The summed E-state index contributed by atoms with van der Waals surface area (Å²) >= 11 is 2.70. The summed E-state index contributed by atoms with van der Waals surface area (Å²) in [5, 5.41) is 15.8. The maximum Gasteiger partial charge on any atom is 0.342 e. The van der Waals surface area contributed by atoms with Crippen LogP contribution in [0.25, 0.3) is 16.6 Å². The molecule has 2 aromatic carbocycles. The minimum absolute atomic E-state index is 0.375. The van der Waals surface area contributed by atoms with Gasteiger partial charge in [0.05, 0.1) is 23.9 Å². The van der Waals surface area contributed by atoms with Gasteiger partial charge in [-0.2, -0.15) is 20.1 Å². The lowest BCUT2D eigenvalue weighted by Crippen LogP contribution is -2.29. The molecule has 0 saturated heterocycles. The molecule has 1 unspecified atom stereocenters. The minimum Gasteiger partial charge on any atom is -0.493 e. The fourth-order valence-corrected chi connectivity index (χ4v) is 5.39. The van der Waals surface area contributed by atoms with Gasteiger partial charge < -0.3 is 14.6 Å². The third-order valence-electron chi connectivity index (χ3n) is 5.74. The molecule has 2 aliphatic heterocycles. The standard InChI is InChI=1S/C23H16N2O4S2/c26-22-21(15-1-3-18-19(11-15)25-31-24-18)17(9-13-6-8-30-12-13)23(27,29-22)16-2-4-20-14(10-16)5-7-28-20/h1-4,6,8,10-12,27H,5,7,9H2. The van der Waals surface area contributed by atoms with Crippen molar-refractivity contribution in [1.82, 2.24) is 8.75 Å². The van der Waals surface area contributed by atoms with E-state index in [-0.39, 0.29) is 0 Å². The molecule has 4 aromatic rings. The van der Waals surface area contributed by atoms with Crippen LogP contribution in [0.15, 0.2) is 58.8 Å². The van der Waals surface area contributed by atoms with Crippen molar-refractivity contribution in [2.75, 3.05) is 6.61 Å². The molecule has 8 heteroatoms. The number of cyclic esters (lactones) is 1. The van der Waals surface area contributed by atoms with Gasteiger partial charge in [-0.3, -0.25) is 0 Å². The van der Waals surface area contributed by atoms with E-state index in [1.807, 2.05) is 47.2 Å². The number of carbonyl (C=O) groups excluding carboxylic acids is 1. The number of rotatable bonds is 4. The van der Waals surface area contributed by atoms with Crippen molar-refractivity contribution in [3.05, 3.63) is 81.1 Å². The van der Waals surface area contributed by atoms with Gasteiger partial charge in [-0.15, -0.1) is 0 Å². The maximum absolute atomic E-state index is 13.1. The van der Waals surface area contributed by atoms with E-state index in [0.717, 1.165) is 40.5 Å². The van der Waals surface area contributed by atoms with E-state index in [2.05, 4.69) is 8.75 Å². The van der Waals surface area contributed by atoms with Gasteiger partial charge >= 0.3 is 5.97 Å². The first kappa shape index (κ1) is 18.7. The summed E-state index contributed by atoms with van der Waals surface area (Å²) in [6.45, 7) is 0.613. The second kappa shape index (κ2) is 6.98. The van der Waals surface area contributed by atoms with E-state index < -0.39 is 11.8 Å². The quantitative estimate of drug-likeness (QED) is 0.474. The fraction of sp³-hybridized carbons (Fsp3) is 0.174. The van der Waals surface area contributed by atoms with Crippen LogP contribution in [-0.4, -0.2) is 26.4 Å². The van der Waals surface area contributed by atoms with E-state index in [4.69, 9.17) is 9.47 Å². The van der Waals surface area contributed by atoms with Crippen molar-refractivity contribution in [2.45, 2.75) is 18.6 Å². The number of aliphatic hydroxyl groups is 1. The molecule has 0 spiro atoms. The second-order valence-electron chi connectivity index (χ2n) is 7.58. The largest absolute Gasteiger partial charge is 0.493 e. The Morgan fingerprint density at radius 3 is 2.87 bits per heavy atom. The predicted octanol–water partition coefficient (Wildman–Crippen LogP) is 4.09. The first-order chi connectivity index (χ1) is 15.1. The lowest BCUT2D eigenvalue weighted by molar-refractivity contribution is -0.185. The van der Waals surface area contributed by atoms with E-state index in [1.54, 1.807) is 17.4 Å². The van der Waals surface area contributed by atoms with Gasteiger partial charge in [0.1, 0.15) is 16.8 Å². The molecule has 0 amide bonds. The molecule has 1 N–H and O–H groups in total. The first-order valence-electron chi connectivity index (χ1n) is 9.81. The molecule has 2 aromatic heterocycles. The van der Waals surface area contributed by atoms with Crippen LogP contribution in [0.4, 0.5) is 0 Å². The molecule has 0 bridgehead atoms. The van der Waals surface area contributed by atoms with E-state index >= 15 is 0 Å². The zero-order valence-electron chi connectivity index (χ0n) is 16.2. The number of thiophene rings is 1. The van der Waals surface area contributed by atoms with Crippen molar-refractivity contribution in [2.24, 2.45) is 0 Å². The zero-order chi connectivity index (χ0) is 21.0. The number of nitrogens with zero attached hydrogens (tertiary/aromatic N) is 2. The van der Waals surface area contributed by atoms with Gasteiger partial charge in [0, 0.05) is 24.0 Å². The molecular formula is C23H16N2O4S2. The Kier molecular flexibility index (Phi) is 4.21. The molecular weight excluding hydrogens is 432 g/mol. The Morgan fingerprint density at radius 1 is 1.10 bits per heavy atom. The summed E-state index contributed by atoms with van der Waals surface area (Å²) in [6, 6.07) is 12.9. The smallest absolute Gasteiger partial charge is 0.342 e. The molecule has 6 rings (SSSR count). The van der Waals surface area contributed by atoms with Crippen LogP contribution in [0.2, 0.25) is 0 Å².